The molecule has 0 aliphatic rings. The minimum absolute atomic E-state index is 0.105. The summed E-state index contributed by atoms with van der Waals surface area (Å²) in [6.45, 7) is 2.40. The molecular formula is C21H17NO. The lowest BCUT2D eigenvalue weighted by Gasteiger charge is -2.08. The van der Waals surface area contributed by atoms with Crippen molar-refractivity contribution in [2.24, 2.45) is 0 Å². The predicted molar refractivity (Wildman–Crippen MR) is 95.0 cm³/mol. The molecule has 0 saturated carbocycles. The minimum atomic E-state index is 0.105. The fraction of sp³-hybridized carbons (Fsp3) is 0.0952. The van der Waals surface area contributed by atoms with E-state index in [0.29, 0.717) is 0 Å². The van der Waals surface area contributed by atoms with E-state index in [0.717, 1.165) is 12.1 Å². The molecule has 0 radical (unpaired) electrons. The van der Waals surface area contributed by atoms with Crippen molar-refractivity contribution in [3.8, 4) is 0 Å². The molecule has 4 rings (SSSR count). The van der Waals surface area contributed by atoms with Gasteiger partial charge in [-0.25, -0.2) is 0 Å². The van der Waals surface area contributed by atoms with E-state index < -0.39 is 0 Å². The van der Waals surface area contributed by atoms with Crippen LogP contribution in [0, 0.1) is 0 Å². The van der Waals surface area contributed by atoms with Gasteiger partial charge in [0.1, 0.15) is 0 Å². The highest BCUT2D eigenvalue weighted by Crippen LogP contribution is 2.29. The zero-order valence-corrected chi connectivity index (χ0v) is 13.0. The van der Waals surface area contributed by atoms with Crippen molar-refractivity contribution in [3.63, 3.8) is 0 Å². The average molecular weight is 299 g/mol. The molecule has 0 spiro atoms. The van der Waals surface area contributed by atoms with Crippen molar-refractivity contribution in [1.82, 2.24) is 4.57 Å². The smallest absolute Gasteiger partial charge is 0.159 e. The van der Waals surface area contributed by atoms with Gasteiger partial charge in [-0.3, -0.25) is 4.79 Å². The third-order valence-corrected chi connectivity index (χ3v) is 4.38. The van der Waals surface area contributed by atoms with Gasteiger partial charge in [0.05, 0.1) is 0 Å². The van der Waals surface area contributed by atoms with E-state index in [2.05, 4.69) is 53.1 Å². The number of hydrogen-bond donors (Lipinski definition) is 0. The fourth-order valence-electron chi connectivity index (χ4n) is 3.20. The highest BCUT2D eigenvalue weighted by atomic mass is 16.1. The maximum Gasteiger partial charge on any atom is 0.159 e. The Hall–Kier alpha value is -2.87. The first-order chi connectivity index (χ1) is 11.2. The number of rotatable bonds is 3. The fourth-order valence-corrected chi connectivity index (χ4v) is 3.20. The quantitative estimate of drug-likeness (QED) is 0.485. The number of nitrogens with zero attached hydrogens (tertiary/aromatic N) is 1. The Bertz CT molecular complexity index is 956. The van der Waals surface area contributed by atoms with Crippen LogP contribution in [0.15, 0.2) is 72.8 Å². The van der Waals surface area contributed by atoms with Gasteiger partial charge in [-0.05, 0) is 24.6 Å². The molecular weight excluding hydrogens is 282 g/mol. The van der Waals surface area contributed by atoms with Gasteiger partial charge in [0.2, 0.25) is 0 Å². The van der Waals surface area contributed by atoms with Crippen LogP contribution in [0.1, 0.15) is 22.8 Å². The van der Waals surface area contributed by atoms with Gasteiger partial charge in [-0.2, -0.15) is 0 Å². The third kappa shape index (κ3) is 2.33. The molecule has 0 amide bonds. The number of carbonyl (C=O) groups is 1. The molecule has 0 fully saturated rings. The molecule has 1 heterocycles. The van der Waals surface area contributed by atoms with Gasteiger partial charge in [-0.15, -0.1) is 0 Å². The van der Waals surface area contributed by atoms with Gasteiger partial charge in [0.25, 0.3) is 0 Å². The van der Waals surface area contributed by atoms with Crippen molar-refractivity contribution in [2.45, 2.75) is 13.5 Å². The van der Waals surface area contributed by atoms with Crippen molar-refractivity contribution >= 4 is 27.6 Å². The monoisotopic (exact) mass is 299 g/mol. The highest BCUT2D eigenvalue weighted by Gasteiger charge is 2.10. The molecule has 2 nitrogen and oxygen atoms in total. The largest absolute Gasteiger partial charge is 0.336 e. The summed E-state index contributed by atoms with van der Waals surface area (Å²) in [5.41, 5.74) is 4.44. The Balaban J connectivity index is 1.85. The Labute approximate surface area is 135 Å². The van der Waals surface area contributed by atoms with Crippen molar-refractivity contribution in [1.29, 1.82) is 0 Å². The molecule has 0 bridgehead atoms. The molecule has 0 N–H and O–H groups in total. The zero-order chi connectivity index (χ0) is 15.8. The SMILES string of the molecule is CC(=O)c1ccc(Cn2c3ccccc3c3ccccc32)cc1. The lowest BCUT2D eigenvalue weighted by molar-refractivity contribution is 0.101. The predicted octanol–water partition coefficient (Wildman–Crippen LogP) is 5.05. The normalized spacial score (nSPS) is 11.2. The standard InChI is InChI=1S/C21H17NO/c1-15(23)17-12-10-16(11-13-17)14-22-20-8-4-2-6-18(20)19-7-3-5-9-21(19)22/h2-13H,14H2,1H3. The van der Waals surface area contributed by atoms with Crippen LogP contribution in [0.3, 0.4) is 0 Å². The first kappa shape index (κ1) is 13.8. The van der Waals surface area contributed by atoms with Crippen molar-refractivity contribution in [3.05, 3.63) is 83.9 Å². The van der Waals surface area contributed by atoms with Crippen LogP contribution < -0.4 is 0 Å². The van der Waals surface area contributed by atoms with Crippen LogP contribution in [-0.4, -0.2) is 10.4 Å². The third-order valence-electron chi connectivity index (χ3n) is 4.38. The molecule has 2 heteroatoms. The van der Waals surface area contributed by atoms with Gasteiger partial charge in [0.15, 0.2) is 5.78 Å². The van der Waals surface area contributed by atoms with Gasteiger partial charge in [0, 0.05) is 33.9 Å². The van der Waals surface area contributed by atoms with Crippen molar-refractivity contribution in [2.75, 3.05) is 0 Å². The first-order valence-corrected chi connectivity index (χ1v) is 7.80. The average Bonchev–Trinajstić information content (AvgIpc) is 2.90. The van der Waals surface area contributed by atoms with Crippen LogP contribution in [0.5, 0.6) is 0 Å². The lowest BCUT2D eigenvalue weighted by atomic mass is 10.1. The second-order valence-electron chi connectivity index (χ2n) is 5.87. The van der Waals surface area contributed by atoms with Crippen LogP contribution in [0.4, 0.5) is 0 Å². The Morgan fingerprint density at radius 1 is 0.783 bits per heavy atom. The van der Waals surface area contributed by atoms with Crippen LogP contribution in [-0.2, 0) is 6.54 Å². The molecule has 0 unspecified atom stereocenters. The summed E-state index contributed by atoms with van der Waals surface area (Å²) in [6, 6.07) is 24.9. The maximum absolute atomic E-state index is 11.4. The first-order valence-electron chi connectivity index (χ1n) is 7.80. The summed E-state index contributed by atoms with van der Waals surface area (Å²) in [7, 11) is 0. The maximum atomic E-state index is 11.4. The number of fused-ring (bicyclic) bond motifs is 3. The van der Waals surface area contributed by atoms with E-state index in [1.807, 2.05) is 24.3 Å². The van der Waals surface area contributed by atoms with Gasteiger partial charge >= 0.3 is 0 Å². The second kappa shape index (κ2) is 5.40. The second-order valence-corrected chi connectivity index (χ2v) is 5.87. The molecule has 0 aliphatic carbocycles. The van der Waals surface area contributed by atoms with E-state index in [9.17, 15) is 4.79 Å². The number of carbonyl (C=O) groups excluding carboxylic acids is 1. The number of hydrogen-bond acceptors (Lipinski definition) is 1. The molecule has 0 saturated heterocycles. The number of benzene rings is 3. The van der Waals surface area contributed by atoms with E-state index in [1.165, 1.54) is 27.4 Å². The summed E-state index contributed by atoms with van der Waals surface area (Å²) in [5.74, 6) is 0.105. The van der Waals surface area contributed by atoms with E-state index in [1.54, 1.807) is 6.92 Å². The van der Waals surface area contributed by atoms with E-state index in [4.69, 9.17) is 0 Å². The number of Topliss-reactive ketones (excluding diaryl/α,β-unsaturated/α-hetero) is 1. The highest BCUT2D eigenvalue weighted by molar-refractivity contribution is 6.08. The number of ketones is 1. The van der Waals surface area contributed by atoms with Crippen LogP contribution in [0.2, 0.25) is 0 Å². The van der Waals surface area contributed by atoms with Gasteiger partial charge in [-0.1, -0.05) is 60.7 Å². The molecule has 23 heavy (non-hydrogen) atoms. The zero-order valence-electron chi connectivity index (χ0n) is 13.0. The minimum Gasteiger partial charge on any atom is -0.336 e. The van der Waals surface area contributed by atoms with E-state index >= 15 is 0 Å². The molecule has 0 aliphatic heterocycles. The topological polar surface area (TPSA) is 22.0 Å². The van der Waals surface area contributed by atoms with Crippen molar-refractivity contribution < 1.29 is 4.79 Å². The Morgan fingerprint density at radius 2 is 1.30 bits per heavy atom. The lowest BCUT2D eigenvalue weighted by Crippen LogP contribution is -2.00. The molecule has 0 atom stereocenters. The number of aromatic nitrogens is 1. The summed E-state index contributed by atoms with van der Waals surface area (Å²) >= 11 is 0. The molecule has 4 aromatic rings. The Kier molecular flexibility index (Phi) is 3.23. The molecule has 1 aromatic heterocycles. The van der Waals surface area contributed by atoms with E-state index in [-0.39, 0.29) is 5.78 Å². The molecule has 112 valence electrons. The summed E-state index contributed by atoms with van der Waals surface area (Å²) in [5, 5.41) is 2.56. The summed E-state index contributed by atoms with van der Waals surface area (Å²) in [4.78, 5) is 11.4. The Morgan fingerprint density at radius 3 is 1.83 bits per heavy atom. The van der Waals surface area contributed by atoms with Crippen LogP contribution >= 0.6 is 0 Å². The number of para-hydroxylation sites is 2. The summed E-state index contributed by atoms with van der Waals surface area (Å²) in [6.07, 6.45) is 0. The summed E-state index contributed by atoms with van der Waals surface area (Å²) < 4.78 is 2.34. The van der Waals surface area contributed by atoms with Gasteiger partial charge < -0.3 is 4.57 Å². The molecule has 3 aromatic carbocycles. The van der Waals surface area contributed by atoms with Crippen LogP contribution in [0.25, 0.3) is 21.8 Å².